The van der Waals surface area contributed by atoms with Gasteiger partial charge in [-0.3, -0.25) is 0 Å². The van der Waals surface area contributed by atoms with Crippen LogP contribution in [0.15, 0.2) is 121 Å². The lowest BCUT2D eigenvalue weighted by Crippen LogP contribution is -2.51. The predicted octanol–water partition coefficient (Wildman–Crippen LogP) is 6.53. The molecule has 0 heterocycles. The van der Waals surface area contributed by atoms with Gasteiger partial charge in [0.1, 0.15) is 6.10 Å². The molecular formula is C36H40O5. The molecule has 214 valence electrons. The van der Waals surface area contributed by atoms with Crippen molar-refractivity contribution >= 4 is 0 Å². The molecule has 0 radical (unpaired) electrons. The summed E-state index contributed by atoms with van der Waals surface area (Å²) in [5.41, 5.74) is 4.47. The third kappa shape index (κ3) is 9.35. The van der Waals surface area contributed by atoms with Crippen molar-refractivity contribution in [3.63, 3.8) is 0 Å². The number of hydrogen-bond donors (Lipinski definition) is 1. The topological polar surface area (TPSA) is 57.2 Å². The molecule has 5 nitrogen and oxygen atoms in total. The van der Waals surface area contributed by atoms with Crippen LogP contribution in [-0.4, -0.2) is 42.2 Å². The third-order valence-electron chi connectivity index (χ3n) is 7.48. The van der Waals surface area contributed by atoms with Crippen LogP contribution in [0.25, 0.3) is 0 Å². The molecule has 0 aliphatic heterocycles. The smallest absolute Gasteiger partial charge is 0.106 e. The minimum atomic E-state index is -0.775. The maximum Gasteiger partial charge on any atom is 0.106 e. The van der Waals surface area contributed by atoms with E-state index in [2.05, 4.69) is 36.4 Å². The largest absolute Gasteiger partial charge is 0.388 e. The van der Waals surface area contributed by atoms with Gasteiger partial charge in [0.05, 0.1) is 50.8 Å². The highest BCUT2D eigenvalue weighted by Gasteiger charge is 2.40. The zero-order valence-electron chi connectivity index (χ0n) is 23.5. The van der Waals surface area contributed by atoms with Gasteiger partial charge in [-0.15, -0.1) is 0 Å². The zero-order valence-corrected chi connectivity index (χ0v) is 23.5. The van der Waals surface area contributed by atoms with Crippen molar-refractivity contribution in [3.8, 4) is 0 Å². The van der Waals surface area contributed by atoms with Gasteiger partial charge in [0.15, 0.2) is 0 Å². The van der Waals surface area contributed by atoms with E-state index in [-0.39, 0.29) is 12.2 Å². The van der Waals surface area contributed by atoms with Gasteiger partial charge in [0.25, 0.3) is 0 Å². The Kier molecular flexibility index (Phi) is 11.1. The molecule has 1 fully saturated rings. The summed E-state index contributed by atoms with van der Waals surface area (Å²) >= 11 is 0. The molecule has 0 spiro atoms. The first-order valence-electron chi connectivity index (χ1n) is 14.5. The minimum absolute atomic E-state index is 0.105. The van der Waals surface area contributed by atoms with Crippen molar-refractivity contribution in [2.45, 2.75) is 69.6 Å². The highest BCUT2D eigenvalue weighted by molar-refractivity contribution is 5.17. The molecule has 1 N–H and O–H groups in total. The van der Waals surface area contributed by atoms with Crippen LogP contribution in [0.2, 0.25) is 0 Å². The number of ether oxygens (including phenoxy) is 4. The fourth-order valence-electron chi connectivity index (χ4n) is 5.29. The van der Waals surface area contributed by atoms with Gasteiger partial charge in [-0.25, -0.2) is 0 Å². The van der Waals surface area contributed by atoms with Gasteiger partial charge in [-0.1, -0.05) is 121 Å². The third-order valence-corrected chi connectivity index (χ3v) is 7.48. The van der Waals surface area contributed by atoms with E-state index in [0.29, 0.717) is 45.7 Å². The van der Waals surface area contributed by atoms with Crippen molar-refractivity contribution < 1.29 is 24.1 Å². The van der Waals surface area contributed by atoms with E-state index in [1.807, 2.05) is 84.9 Å². The molecule has 41 heavy (non-hydrogen) atoms. The van der Waals surface area contributed by atoms with Crippen LogP contribution in [0, 0.1) is 0 Å². The monoisotopic (exact) mass is 552 g/mol. The molecule has 5 heteroatoms. The molecule has 1 aliphatic carbocycles. The van der Waals surface area contributed by atoms with Crippen molar-refractivity contribution in [1.82, 2.24) is 0 Å². The summed E-state index contributed by atoms with van der Waals surface area (Å²) in [7, 11) is 0. The predicted molar refractivity (Wildman–Crippen MR) is 160 cm³/mol. The van der Waals surface area contributed by atoms with Gasteiger partial charge in [-0.05, 0) is 22.3 Å². The lowest BCUT2D eigenvalue weighted by molar-refractivity contribution is -0.190. The van der Waals surface area contributed by atoms with Crippen LogP contribution in [0.4, 0.5) is 0 Å². The Morgan fingerprint density at radius 2 is 1.02 bits per heavy atom. The van der Waals surface area contributed by atoms with Crippen molar-refractivity contribution in [2.24, 2.45) is 0 Å². The molecule has 0 bridgehead atoms. The van der Waals surface area contributed by atoms with Crippen LogP contribution in [0.5, 0.6) is 0 Å². The van der Waals surface area contributed by atoms with E-state index in [1.165, 1.54) is 5.56 Å². The molecule has 5 atom stereocenters. The van der Waals surface area contributed by atoms with E-state index in [1.54, 1.807) is 0 Å². The SMILES string of the molecule is O[C@@H]1[C@H](OCc2ccccc2)C[C@@H](OCc2ccccc2)C[C@H]1O[C@H](COCc1ccccc1)Cc1ccccc1. The van der Waals surface area contributed by atoms with Crippen molar-refractivity contribution in [2.75, 3.05) is 6.61 Å². The molecule has 0 aromatic heterocycles. The molecule has 1 aliphatic rings. The molecule has 1 saturated carbocycles. The van der Waals surface area contributed by atoms with Gasteiger partial charge < -0.3 is 24.1 Å². The lowest BCUT2D eigenvalue weighted by atomic mass is 9.89. The summed E-state index contributed by atoms with van der Waals surface area (Å²) in [4.78, 5) is 0. The molecule has 4 aromatic carbocycles. The number of aliphatic hydroxyl groups excluding tert-OH is 1. The van der Waals surface area contributed by atoms with Crippen LogP contribution >= 0.6 is 0 Å². The second kappa shape index (κ2) is 15.6. The average Bonchev–Trinajstić information content (AvgIpc) is 3.02. The Hall–Kier alpha value is -3.32. The summed E-state index contributed by atoms with van der Waals surface area (Å²) in [6, 6.07) is 40.6. The normalized spacial score (nSPS) is 21.4. The molecule has 0 unspecified atom stereocenters. The molecule has 4 aromatic rings. The first kappa shape index (κ1) is 29.2. The first-order chi connectivity index (χ1) is 20.2. The summed E-state index contributed by atoms with van der Waals surface area (Å²) in [6.45, 7) is 1.86. The quantitative estimate of drug-likeness (QED) is 0.193. The van der Waals surface area contributed by atoms with Crippen LogP contribution in [-0.2, 0) is 45.2 Å². The second-order valence-corrected chi connectivity index (χ2v) is 10.7. The number of rotatable bonds is 14. The van der Waals surface area contributed by atoms with E-state index < -0.39 is 18.3 Å². The van der Waals surface area contributed by atoms with Crippen molar-refractivity contribution in [1.29, 1.82) is 0 Å². The standard InChI is InChI=1S/C36H40O5/c37-36-34(40-26-31-19-11-4-12-20-31)22-32(39-25-30-17-9-3-10-18-30)23-35(36)41-33(21-28-13-5-1-6-14-28)27-38-24-29-15-7-2-8-16-29/h1-20,32-37H,21-27H2/t32-,33+,34-,35-,36-/m1/s1. The van der Waals surface area contributed by atoms with Gasteiger partial charge in [0, 0.05) is 19.3 Å². The fourth-order valence-corrected chi connectivity index (χ4v) is 5.29. The summed E-state index contributed by atoms with van der Waals surface area (Å²) in [5.74, 6) is 0. The van der Waals surface area contributed by atoms with E-state index >= 15 is 0 Å². The molecule has 5 rings (SSSR count). The Balaban J connectivity index is 1.27. The number of hydrogen-bond acceptors (Lipinski definition) is 5. The average molecular weight is 553 g/mol. The Labute approximate surface area is 243 Å². The number of benzene rings is 4. The Morgan fingerprint density at radius 1 is 0.561 bits per heavy atom. The number of aliphatic hydroxyl groups is 1. The maximum atomic E-state index is 11.5. The first-order valence-corrected chi connectivity index (χ1v) is 14.5. The highest BCUT2D eigenvalue weighted by atomic mass is 16.6. The summed E-state index contributed by atoms with van der Waals surface area (Å²) < 4.78 is 25.5. The Morgan fingerprint density at radius 3 is 1.59 bits per heavy atom. The zero-order chi connectivity index (χ0) is 28.1. The highest BCUT2D eigenvalue weighted by Crippen LogP contribution is 2.30. The van der Waals surface area contributed by atoms with Crippen LogP contribution in [0.1, 0.15) is 35.1 Å². The van der Waals surface area contributed by atoms with Crippen LogP contribution < -0.4 is 0 Å². The van der Waals surface area contributed by atoms with E-state index in [4.69, 9.17) is 18.9 Å². The van der Waals surface area contributed by atoms with Crippen LogP contribution in [0.3, 0.4) is 0 Å². The van der Waals surface area contributed by atoms with Gasteiger partial charge in [-0.2, -0.15) is 0 Å². The lowest BCUT2D eigenvalue weighted by Gasteiger charge is -2.40. The van der Waals surface area contributed by atoms with Crippen molar-refractivity contribution in [3.05, 3.63) is 144 Å². The minimum Gasteiger partial charge on any atom is -0.388 e. The molecular weight excluding hydrogens is 512 g/mol. The Bertz CT molecular complexity index is 1250. The summed E-state index contributed by atoms with van der Waals surface area (Å²) in [6.07, 6.45) is -0.0865. The van der Waals surface area contributed by atoms with E-state index in [0.717, 1.165) is 16.7 Å². The molecule has 0 amide bonds. The van der Waals surface area contributed by atoms with E-state index in [9.17, 15) is 5.11 Å². The second-order valence-electron chi connectivity index (χ2n) is 10.7. The van der Waals surface area contributed by atoms with Gasteiger partial charge in [0.2, 0.25) is 0 Å². The summed E-state index contributed by atoms with van der Waals surface area (Å²) in [5, 5.41) is 11.5. The maximum absolute atomic E-state index is 11.5. The molecule has 0 saturated heterocycles. The fraction of sp³-hybridized carbons (Fsp3) is 0.333. The van der Waals surface area contributed by atoms with Gasteiger partial charge >= 0.3 is 0 Å².